The molecule has 0 N–H and O–H groups in total. The molecule has 0 aliphatic rings. The number of hydrogen-bond acceptors (Lipinski definition) is 3. The second-order valence-electron chi connectivity index (χ2n) is 2.15. The molecule has 0 spiro atoms. The third-order valence-corrected chi connectivity index (χ3v) is 2.29. The van der Waals surface area contributed by atoms with Gasteiger partial charge in [-0.2, -0.15) is 0 Å². The number of fused-ring (bicyclic) bond motifs is 1. The van der Waals surface area contributed by atoms with Crippen molar-refractivity contribution in [3.05, 3.63) is 40.0 Å². The molecule has 2 aromatic rings. The van der Waals surface area contributed by atoms with E-state index < -0.39 is 0 Å². The summed E-state index contributed by atoms with van der Waals surface area (Å²) in [6, 6.07) is 6.95. The van der Waals surface area contributed by atoms with Crippen molar-refractivity contribution in [2.45, 2.75) is 0 Å². The van der Waals surface area contributed by atoms with Gasteiger partial charge in [0.05, 0.1) is 11.0 Å². The maximum absolute atomic E-state index is 11.2. The van der Waals surface area contributed by atoms with Crippen LogP contribution in [0.25, 0.3) is 10.2 Å². The summed E-state index contributed by atoms with van der Waals surface area (Å²) in [7, 11) is 0. The zero-order valence-electron chi connectivity index (χ0n) is 5.65. The fourth-order valence-electron chi connectivity index (χ4n) is 0.923. The van der Waals surface area contributed by atoms with Crippen molar-refractivity contribution in [2.75, 3.05) is 0 Å². The summed E-state index contributed by atoms with van der Waals surface area (Å²) >= 11 is 1.38. The quantitative estimate of drug-likeness (QED) is 0.591. The Morgan fingerprint density at radius 3 is 3.00 bits per heavy atom. The Kier molecular flexibility index (Phi) is 1.43. The highest BCUT2D eigenvalue weighted by atomic mass is 32.1. The molecule has 0 atom stereocenters. The normalized spacial score (nSPS) is 10.2. The van der Waals surface area contributed by atoms with E-state index >= 15 is 0 Å². The standard InChI is InChI=1S/C8H5NOS/c10-7-4-2-1-3-6-8(7)11-5-9-6/h1-5H. The van der Waals surface area contributed by atoms with E-state index in [-0.39, 0.29) is 5.43 Å². The van der Waals surface area contributed by atoms with Crippen molar-refractivity contribution in [3.8, 4) is 0 Å². The number of hydrogen-bond donors (Lipinski definition) is 0. The van der Waals surface area contributed by atoms with Gasteiger partial charge in [-0.3, -0.25) is 4.79 Å². The summed E-state index contributed by atoms with van der Waals surface area (Å²) in [5, 5.41) is 0. The van der Waals surface area contributed by atoms with Gasteiger partial charge < -0.3 is 0 Å². The smallest absolute Gasteiger partial charge is 0.198 e. The van der Waals surface area contributed by atoms with Crippen LogP contribution in [0.5, 0.6) is 0 Å². The third-order valence-electron chi connectivity index (χ3n) is 1.43. The van der Waals surface area contributed by atoms with Crippen molar-refractivity contribution in [3.63, 3.8) is 0 Å². The van der Waals surface area contributed by atoms with E-state index in [0.29, 0.717) is 0 Å². The Morgan fingerprint density at radius 1 is 1.27 bits per heavy atom. The van der Waals surface area contributed by atoms with Gasteiger partial charge in [-0.15, -0.1) is 11.3 Å². The van der Waals surface area contributed by atoms with Gasteiger partial charge in [-0.05, 0) is 12.1 Å². The van der Waals surface area contributed by atoms with Crippen molar-refractivity contribution in [2.24, 2.45) is 0 Å². The van der Waals surface area contributed by atoms with Crippen LogP contribution in [0, 0.1) is 0 Å². The third kappa shape index (κ3) is 1.03. The maximum atomic E-state index is 11.2. The highest BCUT2D eigenvalue weighted by Crippen LogP contribution is 2.10. The Balaban J connectivity index is 3.09. The molecular formula is C8H5NOS. The van der Waals surface area contributed by atoms with Crippen LogP contribution < -0.4 is 5.43 Å². The molecule has 1 aromatic carbocycles. The summed E-state index contributed by atoms with van der Waals surface area (Å²) in [4.78, 5) is 15.2. The first-order valence-corrected chi connectivity index (χ1v) is 4.08. The zero-order valence-corrected chi connectivity index (χ0v) is 6.47. The minimum atomic E-state index is 0.0486. The van der Waals surface area contributed by atoms with Gasteiger partial charge in [0.1, 0.15) is 4.70 Å². The number of rotatable bonds is 0. The molecule has 0 unspecified atom stereocenters. The van der Waals surface area contributed by atoms with Gasteiger partial charge in [0.25, 0.3) is 0 Å². The first-order valence-electron chi connectivity index (χ1n) is 3.20. The molecule has 0 aliphatic carbocycles. The summed E-state index contributed by atoms with van der Waals surface area (Å²) in [5.74, 6) is 0. The summed E-state index contributed by atoms with van der Waals surface area (Å²) in [5.41, 5.74) is 2.52. The van der Waals surface area contributed by atoms with E-state index in [1.165, 1.54) is 11.3 Å². The van der Waals surface area contributed by atoms with E-state index in [9.17, 15) is 4.79 Å². The second kappa shape index (κ2) is 2.43. The second-order valence-corrected chi connectivity index (χ2v) is 3.00. The topological polar surface area (TPSA) is 30.0 Å². The van der Waals surface area contributed by atoms with E-state index in [4.69, 9.17) is 0 Å². The average Bonchev–Trinajstić information content (AvgIpc) is 2.40. The van der Waals surface area contributed by atoms with Gasteiger partial charge in [0, 0.05) is 0 Å². The molecule has 2 nitrogen and oxygen atoms in total. The molecule has 0 radical (unpaired) electrons. The molecule has 2 rings (SSSR count). The number of thiazole rings is 1. The van der Waals surface area contributed by atoms with Crippen LogP contribution in [0.2, 0.25) is 0 Å². The molecule has 0 saturated carbocycles. The first-order chi connectivity index (χ1) is 5.38. The highest BCUT2D eigenvalue weighted by molar-refractivity contribution is 7.16. The zero-order chi connectivity index (χ0) is 7.68. The fourth-order valence-corrected chi connectivity index (χ4v) is 1.62. The summed E-state index contributed by atoms with van der Waals surface area (Å²) in [6.45, 7) is 0. The molecule has 1 heterocycles. The maximum Gasteiger partial charge on any atom is 0.198 e. The minimum Gasteiger partial charge on any atom is -0.288 e. The summed E-state index contributed by atoms with van der Waals surface area (Å²) in [6.07, 6.45) is 0. The van der Waals surface area contributed by atoms with Crippen LogP contribution in [-0.4, -0.2) is 4.98 Å². The predicted octanol–water partition coefficient (Wildman–Crippen LogP) is 1.66. The predicted molar refractivity (Wildman–Crippen MR) is 45.9 cm³/mol. The summed E-state index contributed by atoms with van der Waals surface area (Å²) < 4.78 is 0.731. The van der Waals surface area contributed by atoms with Crippen LogP contribution in [0.15, 0.2) is 34.6 Å². The number of aromatic nitrogens is 1. The molecule has 1 aromatic heterocycles. The molecule has 54 valence electrons. The lowest BCUT2D eigenvalue weighted by Gasteiger charge is -1.71. The Labute approximate surface area is 67.1 Å². The van der Waals surface area contributed by atoms with E-state index in [2.05, 4.69) is 4.98 Å². The number of nitrogens with zero attached hydrogens (tertiary/aromatic N) is 1. The lowest BCUT2D eigenvalue weighted by molar-refractivity contribution is 1.51. The molecule has 0 saturated heterocycles. The van der Waals surface area contributed by atoms with Crippen LogP contribution in [-0.2, 0) is 0 Å². The molecule has 0 amide bonds. The van der Waals surface area contributed by atoms with Gasteiger partial charge in [-0.1, -0.05) is 12.1 Å². The molecule has 3 heteroatoms. The van der Waals surface area contributed by atoms with Crippen LogP contribution in [0.4, 0.5) is 0 Å². The van der Waals surface area contributed by atoms with Gasteiger partial charge >= 0.3 is 0 Å². The van der Waals surface area contributed by atoms with Crippen LogP contribution in [0.3, 0.4) is 0 Å². The highest BCUT2D eigenvalue weighted by Gasteiger charge is 1.95. The molecular weight excluding hydrogens is 158 g/mol. The molecule has 0 bridgehead atoms. The van der Waals surface area contributed by atoms with Gasteiger partial charge in [0.2, 0.25) is 0 Å². The monoisotopic (exact) mass is 163 g/mol. The van der Waals surface area contributed by atoms with Crippen molar-refractivity contribution >= 4 is 21.6 Å². The Morgan fingerprint density at radius 2 is 2.09 bits per heavy atom. The van der Waals surface area contributed by atoms with Crippen molar-refractivity contribution in [1.29, 1.82) is 0 Å². The van der Waals surface area contributed by atoms with Gasteiger partial charge in [0.15, 0.2) is 5.43 Å². The average molecular weight is 163 g/mol. The molecule has 11 heavy (non-hydrogen) atoms. The fraction of sp³-hybridized carbons (Fsp3) is 0. The SMILES string of the molecule is O=c1ccccc2ncsc12. The largest absolute Gasteiger partial charge is 0.288 e. The lowest BCUT2D eigenvalue weighted by Crippen LogP contribution is -1.90. The minimum absolute atomic E-state index is 0.0486. The van der Waals surface area contributed by atoms with Gasteiger partial charge in [-0.25, -0.2) is 4.98 Å². The Hall–Kier alpha value is -1.22. The van der Waals surface area contributed by atoms with E-state index in [0.717, 1.165) is 10.2 Å². The molecule has 0 fully saturated rings. The Bertz CT molecular complexity index is 435. The lowest BCUT2D eigenvalue weighted by atomic mass is 10.5. The van der Waals surface area contributed by atoms with E-state index in [1.807, 2.05) is 12.1 Å². The van der Waals surface area contributed by atoms with Crippen molar-refractivity contribution in [1.82, 2.24) is 4.98 Å². The van der Waals surface area contributed by atoms with E-state index in [1.54, 1.807) is 17.6 Å². The van der Waals surface area contributed by atoms with Crippen LogP contribution >= 0.6 is 11.3 Å². The van der Waals surface area contributed by atoms with Crippen molar-refractivity contribution < 1.29 is 0 Å². The van der Waals surface area contributed by atoms with Crippen LogP contribution in [0.1, 0.15) is 0 Å². The first kappa shape index (κ1) is 6.49. The molecule has 0 aliphatic heterocycles.